The zero-order valence-electron chi connectivity index (χ0n) is 17.2. The van der Waals surface area contributed by atoms with E-state index in [0.29, 0.717) is 30.6 Å². The van der Waals surface area contributed by atoms with Crippen LogP contribution < -0.4 is 10.6 Å². The number of aromatic nitrogens is 3. The number of benzene rings is 1. The number of imidazole rings is 1. The molecule has 0 amide bonds. The number of hydrogen-bond acceptors (Lipinski definition) is 5. The predicted molar refractivity (Wildman–Crippen MR) is 118 cm³/mol. The summed E-state index contributed by atoms with van der Waals surface area (Å²) in [4.78, 5) is 8.61. The van der Waals surface area contributed by atoms with Crippen LogP contribution in [0.4, 0.5) is 4.39 Å². The maximum absolute atomic E-state index is 14.4. The molecule has 1 fully saturated rings. The number of halogens is 1. The molecule has 0 spiro atoms. The fourth-order valence-corrected chi connectivity index (χ4v) is 4.49. The van der Waals surface area contributed by atoms with Gasteiger partial charge >= 0.3 is 0 Å². The van der Waals surface area contributed by atoms with Gasteiger partial charge in [0, 0.05) is 72.5 Å². The minimum Gasteiger partial charge on any atom is -0.391 e. The number of pyridine rings is 2. The average molecular weight is 420 g/mol. The van der Waals surface area contributed by atoms with Gasteiger partial charge in [0.25, 0.3) is 0 Å². The van der Waals surface area contributed by atoms with Gasteiger partial charge in [-0.05, 0) is 37.5 Å². The number of aliphatic hydroxyl groups is 1. The fraction of sp³-hybridized carbons (Fsp3) is 0.333. The van der Waals surface area contributed by atoms with Crippen LogP contribution in [0.25, 0.3) is 16.6 Å². The van der Waals surface area contributed by atoms with E-state index in [9.17, 15) is 9.50 Å². The first kappa shape index (κ1) is 20.1. The molecule has 1 aliphatic rings. The largest absolute Gasteiger partial charge is 0.391 e. The van der Waals surface area contributed by atoms with E-state index in [2.05, 4.69) is 26.7 Å². The van der Waals surface area contributed by atoms with Crippen LogP contribution >= 0.6 is 0 Å². The Kier molecular flexibility index (Phi) is 5.63. The summed E-state index contributed by atoms with van der Waals surface area (Å²) in [6.07, 6.45) is 9.37. The first-order chi connectivity index (χ1) is 15.2. The van der Waals surface area contributed by atoms with Gasteiger partial charge in [-0.15, -0.1) is 0 Å². The van der Waals surface area contributed by atoms with Gasteiger partial charge in [-0.1, -0.05) is 12.1 Å². The molecule has 1 aromatic carbocycles. The molecule has 1 aliphatic carbocycles. The van der Waals surface area contributed by atoms with Gasteiger partial charge in [-0.3, -0.25) is 4.98 Å². The molecule has 1 saturated carbocycles. The number of hydrogen-bond donors (Lipinski definition) is 3. The van der Waals surface area contributed by atoms with Crippen molar-refractivity contribution < 1.29 is 9.50 Å². The molecule has 7 heteroatoms. The molecule has 4 aromatic rings. The number of nitrogens with one attached hydrogen (secondary N) is 2. The van der Waals surface area contributed by atoms with Gasteiger partial charge in [0.05, 0.1) is 11.6 Å². The standard InChI is InChI=1S/C24H26FN5O/c25-20-13-22-16(3-1-7-26-22)11-18(20)15-29-21-6-5-19(12-23(21)31)28-14-17-4-2-9-30-10-8-27-24(17)30/h1-4,7-11,13,19,21,23,28-29,31H,5-6,12,14-15H2/t19-,21-,23+/m0/s1. The first-order valence-electron chi connectivity index (χ1n) is 10.8. The molecule has 6 nitrogen and oxygen atoms in total. The molecule has 0 bridgehead atoms. The Bertz CT molecular complexity index is 1190. The minimum atomic E-state index is -0.473. The summed E-state index contributed by atoms with van der Waals surface area (Å²) in [5.74, 6) is -0.267. The summed E-state index contributed by atoms with van der Waals surface area (Å²) in [5.41, 5.74) is 3.35. The van der Waals surface area contributed by atoms with E-state index in [4.69, 9.17) is 0 Å². The third-order valence-corrected chi connectivity index (χ3v) is 6.22. The number of aliphatic hydroxyl groups excluding tert-OH is 1. The molecule has 3 atom stereocenters. The van der Waals surface area contributed by atoms with E-state index in [1.54, 1.807) is 12.4 Å². The highest BCUT2D eigenvalue weighted by Crippen LogP contribution is 2.22. The maximum Gasteiger partial charge on any atom is 0.141 e. The second-order valence-electron chi connectivity index (χ2n) is 8.28. The van der Waals surface area contributed by atoms with Crippen molar-refractivity contribution >= 4 is 16.6 Å². The van der Waals surface area contributed by atoms with E-state index in [-0.39, 0.29) is 17.9 Å². The van der Waals surface area contributed by atoms with Crippen LogP contribution in [-0.4, -0.2) is 37.7 Å². The summed E-state index contributed by atoms with van der Waals surface area (Å²) in [7, 11) is 0. The van der Waals surface area contributed by atoms with Gasteiger partial charge < -0.3 is 20.1 Å². The fourth-order valence-electron chi connectivity index (χ4n) is 4.49. The van der Waals surface area contributed by atoms with Crippen molar-refractivity contribution in [2.24, 2.45) is 0 Å². The van der Waals surface area contributed by atoms with Crippen molar-refractivity contribution in [1.82, 2.24) is 25.0 Å². The third-order valence-electron chi connectivity index (χ3n) is 6.22. The Labute approximate surface area is 180 Å². The summed E-state index contributed by atoms with van der Waals surface area (Å²) in [6.45, 7) is 1.10. The molecule has 0 radical (unpaired) electrons. The molecule has 3 aromatic heterocycles. The highest BCUT2D eigenvalue weighted by Gasteiger charge is 2.28. The van der Waals surface area contributed by atoms with Gasteiger partial charge in [-0.25, -0.2) is 9.37 Å². The zero-order valence-corrected chi connectivity index (χ0v) is 17.2. The Morgan fingerprint density at radius 3 is 2.81 bits per heavy atom. The van der Waals surface area contributed by atoms with E-state index in [0.717, 1.165) is 29.4 Å². The lowest BCUT2D eigenvalue weighted by Crippen LogP contribution is -2.48. The van der Waals surface area contributed by atoms with E-state index >= 15 is 0 Å². The Hall–Kier alpha value is -2.87. The summed E-state index contributed by atoms with van der Waals surface area (Å²) in [5, 5.41) is 18.5. The predicted octanol–water partition coefficient (Wildman–Crippen LogP) is 3.18. The first-order valence-corrected chi connectivity index (χ1v) is 10.8. The summed E-state index contributed by atoms with van der Waals surface area (Å²) in [6, 6.07) is 11.4. The summed E-state index contributed by atoms with van der Waals surface area (Å²) >= 11 is 0. The molecule has 0 unspecified atom stereocenters. The van der Waals surface area contributed by atoms with Crippen molar-refractivity contribution in [3.8, 4) is 0 Å². The average Bonchev–Trinajstić information content (AvgIpc) is 3.26. The van der Waals surface area contributed by atoms with Crippen LogP contribution in [0.1, 0.15) is 30.4 Å². The van der Waals surface area contributed by atoms with E-state index < -0.39 is 6.10 Å². The molecular weight excluding hydrogens is 393 g/mol. The Morgan fingerprint density at radius 1 is 1.00 bits per heavy atom. The molecule has 160 valence electrons. The van der Waals surface area contributed by atoms with Crippen molar-refractivity contribution in [3.05, 3.63) is 78.1 Å². The maximum atomic E-state index is 14.4. The van der Waals surface area contributed by atoms with Gasteiger partial charge in [0.2, 0.25) is 0 Å². The van der Waals surface area contributed by atoms with Gasteiger partial charge in [0.15, 0.2) is 0 Å². The van der Waals surface area contributed by atoms with E-state index in [1.807, 2.05) is 41.1 Å². The normalized spacial score (nSPS) is 21.7. The molecule has 3 heterocycles. The van der Waals surface area contributed by atoms with Crippen molar-refractivity contribution in [2.75, 3.05) is 0 Å². The lowest BCUT2D eigenvalue weighted by Gasteiger charge is -2.34. The molecule has 0 saturated heterocycles. The molecule has 0 aliphatic heterocycles. The second kappa shape index (κ2) is 8.70. The van der Waals surface area contributed by atoms with Crippen LogP contribution in [0.15, 0.2) is 61.2 Å². The quantitative estimate of drug-likeness (QED) is 0.448. The monoisotopic (exact) mass is 419 g/mol. The highest BCUT2D eigenvalue weighted by atomic mass is 19.1. The molecule has 31 heavy (non-hydrogen) atoms. The van der Waals surface area contributed by atoms with E-state index in [1.165, 1.54) is 6.07 Å². The lowest BCUT2D eigenvalue weighted by atomic mass is 9.88. The number of fused-ring (bicyclic) bond motifs is 2. The van der Waals surface area contributed by atoms with Crippen molar-refractivity contribution in [2.45, 2.75) is 50.5 Å². The Morgan fingerprint density at radius 2 is 1.90 bits per heavy atom. The van der Waals surface area contributed by atoms with Gasteiger partial charge in [-0.2, -0.15) is 0 Å². The Balaban J connectivity index is 1.16. The van der Waals surface area contributed by atoms with Crippen LogP contribution in [0.3, 0.4) is 0 Å². The second-order valence-corrected chi connectivity index (χ2v) is 8.28. The smallest absolute Gasteiger partial charge is 0.141 e. The van der Waals surface area contributed by atoms with Gasteiger partial charge in [0.1, 0.15) is 11.5 Å². The summed E-state index contributed by atoms with van der Waals surface area (Å²) < 4.78 is 16.4. The van der Waals surface area contributed by atoms with Crippen molar-refractivity contribution in [1.29, 1.82) is 0 Å². The highest BCUT2D eigenvalue weighted by molar-refractivity contribution is 5.79. The van der Waals surface area contributed by atoms with Crippen LogP contribution in [0, 0.1) is 5.82 Å². The zero-order chi connectivity index (χ0) is 21.2. The van der Waals surface area contributed by atoms with Crippen LogP contribution in [-0.2, 0) is 13.1 Å². The number of rotatable bonds is 6. The molecule has 5 rings (SSSR count). The van der Waals surface area contributed by atoms with Crippen molar-refractivity contribution in [3.63, 3.8) is 0 Å². The minimum absolute atomic E-state index is 0.0437. The third kappa shape index (κ3) is 4.30. The topological polar surface area (TPSA) is 74.5 Å². The number of nitrogens with zero attached hydrogens (tertiary/aromatic N) is 3. The molecule has 3 N–H and O–H groups in total. The van der Waals surface area contributed by atoms with Crippen LogP contribution in [0.5, 0.6) is 0 Å². The van der Waals surface area contributed by atoms with Crippen LogP contribution in [0.2, 0.25) is 0 Å². The molecular formula is C24H26FN5O. The lowest BCUT2D eigenvalue weighted by molar-refractivity contribution is 0.0741. The SMILES string of the molecule is O[C@@H]1C[C@@H](NCc2cccn3ccnc23)CC[C@@H]1NCc1cc2cccnc2cc1F.